The topological polar surface area (TPSA) is 104 Å². The summed E-state index contributed by atoms with van der Waals surface area (Å²) in [6, 6.07) is 5.30. The summed E-state index contributed by atoms with van der Waals surface area (Å²) < 4.78 is 5.06. The van der Waals surface area contributed by atoms with Crippen LogP contribution in [0.1, 0.15) is 34.8 Å². The second-order valence-corrected chi connectivity index (χ2v) is 7.60. The number of H-pyrrole nitrogens is 1. The number of fused-ring (bicyclic) bond motifs is 1. The summed E-state index contributed by atoms with van der Waals surface area (Å²) in [5.74, 6) is 0.974. The fourth-order valence-corrected chi connectivity index (χ4v) is 3.71. The highest BCUT2D eigenvalue weighted by Gasteiger charge is 2.27. The number of nitrogens with zero attached hydrogens (tertiary/aromatic N) is 5. The Kier molecular flexibility index (Phi) is 5.35. The molecule has 0 radical (unpaired) electrons. The number of nitrogens with one attached hydrogen (secondary N) is 1. The van der Waals surface area contributed by atoms with Gasteiger partial charge < -0.3 is 19.5 Å². The summed E-state index contributed by atoms with van der Waals surface area (Å²) in [7, 11) is 5.25. The largest absolute Gasteiger partial charge is 0.481 e. The number of aromatic amines is 1. The van der Waals surface area contributed by atoms with Crippen molar-refractivity contribution in [3.63, 3.8) is 0 Å². The molecule has 4 heterocycles. The lowest BCUT2D eigenvalue weighted by Crippen LogP contribution is -2.39. The van der Waals surface area contributed by atoms with Gasteiger partial charge in [0.2, 0.25) is 11.8 Å². The average Bonchev–Trinajstić information content (AvgIpc) is 2.78. The number of piperidine rings is 1. The van der Waals surface area contributed by atoms with Gasteiger partial charge in [0.1, 0.15) is 0 Å². The number of carbonyl (C=O) groups excluding carboxylic acids is 1. The van der Waals surface area contributed by atoms with Crippen LogP contribution in [0.2, 0.25) is 0 Å². The zero-order chi connectivity index (χ0) is 21.3. The Morgan fingerprint density at radius 2 is 2.10 bits per heavy atom. The summed E-state index contributed by atoms with van der Waals surface area (Å²) >= 11 is 0. The van der Waals surface area contributed by atoms with E-state index in [2.05, 4.69) is 19.9 Å². The van der Waals surface area contributed by atoms with Gasteiger partial charge in [-0.15, -0.1) is 0 Å². The zero-order valence-electron chi connectivity index (χ0n) is 17.3. The van der Waals surface area contributed by atoms with E-state index in [-0.39, 0.29) is 17.4 Å². The molecule has 3 aromatic heterocycles. The normalized spacial score (nSPS) is 16.5. The van der Waals surface area contributed by atoms with Gasteiger partial charge in [-0.2, -0.15) is 0 Å². The lowest BCUT2D eigenvalue weighted by atomic mass is 9.93. The maximum Gasteiger partial charge on any atom is 0.259 e. The van der Waals surface area contributed by atoms with Crippen LogP contribution in [0.5, 0.6) is 5.88 Å². The van der Waals surface area contributed by atoms with Gasteiger partial charge in [0.25, 0.3) is 11.5 Å². The number of pyridine rings is 2. The van der Waals surface area contributed by atoms with Gasteiger partial charge >= 0.3 is 0 Å². The maximum absolute atomic E-state index is 12.9. The molecule has 1 aliphatic rings. The molecule has 1 unspecified atom stereocenters. The molecule has 9 nitrogen and oxygen atoms in total. The standard InChI is InChI=1S/C21H24N6O3/c1-26(2)21-23-11-15-17(25-21)9-16(24-19(15)28)14-5-4-8-27(12-14)20(29)13-6-7-18(30-3)22-10-13/h6-7,9-11,14H,4-5,8,12H2,1-3H3,(H,24,28). The third kappa shape index (κ3) is 3.83. The van der Waals surface area contributed by atoms with Gasteiger partial charge in [-0.3, -0.25) is 9.59 Å². The predicted octanol–water partition coefficient (Wildman–Crippen LogP) is 1.81. The summed E-state index contributed by atoms with van der Waals surface area (Å²) in [4.78, 5) is 44.9. The third-order valence-corrected chi connectivity index (χ3v) is 5.34. The second-order valence-electron chi connectivity index (χ2n) is 7.60. The Labute approximate surface area is 173 Å². The van der Waals surface area contributed by atoms with E-state index in [1.807, 2.05) is 25.1 Å². The van der Waals surface area contributed by atoms with E-state index in [0.717, 1.165) is 18.5 Å². The minimum atomic E-state index is -0.212. The molecule has 9 heteroatoms. The number of ether oxygens (including phenoxy) is 1. The van der Waals surface area contributed by atoms with Crippen molar-refractivity contribution < 1.29 is 9.53 Å². The van der Waals surface area contributed by atoms with Crippen LogP contribution in [0.4, 0.5) is 5.95 Å². The summed E-state index contributed by atoms with van der Waals surface area (Å²) in [5, 5.41) is 0.456. The van der Waals surface area contributed by atoms with Gasteiger partial charge in [-0.25, -0.2) is 15.0 Å². The molecule has 0 spiro atoms. The summed E-state index contributed by atoms with van der Waals surface area (Å²) in [6.45, 7) is 1.20. The first kappa shape index (κ1) is 19.8. The van der Waals surface area contributed by atoms with Crippen LogP contribution in [0.15, 0.2) is 35.4 Å². The molecule has 1 saturated heterocycles. The first-order valence-corrected chi connectivity index (χ1v) is 9.83. The Morgan fingerprint density at radius 3 is 2.80 bits per heavy atom. The Hall–Kier alpha value is -3.49. The molecule has 1 aliphatic heterocycles. The van der Waals surface area contributed by atoms with Gasteiger partial charge in [-0.05, 0) is 25.0 Å². The van der Waals surface area contributed by atoms with Crippen molar-refractivity contribution in [2.24, 2.45) is 0 Å². The van der Waals surface area contributed by atoms with Crippen LogP contribution >= 0.6 is 0 Å². The van der Waals surface area contributed by atoms with Crippen molar-refractivity contribution in [3.05, 3.63) is 52.2 Å². The Morgan fingerprint density at radius 1 is 1.27 bits per heavy atom. The van der Waals surface area contributed by atoms with Gasteiger partial charge in [0.15, 0.2) is 0 Å². The van der Waals surface area contributed by atoms with Crippen molar-refractivity contribution in [2.45, 2.75) is 18.8 Å². The van der Waals surface area contributed by atoms with Crippen molar-refractivity contribution >= 4 is 22.8 Å². The van der Waals surface area contributed by atoms with Gasteiger partial charge in [0.05, 0.1) is 23.6 Å². The number of hydrogen-bond donors (Lipinski definition) is 1. The molecule has 30 heavy (non-hydrogen) atoms. The quantitative estimate of drug-likeness (QED) is 0.702. The Balaban J connectivity index is 1.60. The molecule has 0 aliphatic carbocycles. The Bertz CT molecular complexity index is 1130. The molecule has 1 fully saturated rings. The summed E-state index contributed by atoms with van der Waals surface area (Å²) in [6.07, 6.45) is 4.82. The molecule has 0 aromatic carbocycles. The van der Waals surface area contributed by atoms with E-state index in [9.17, 15) is 9.59 Å². The number of anilines is 1. The van der Waals surface area contributed by atoms with Crippen molar-refractivity contribution in [1.82, 2.24) is 24.8 Å². The molecular weight excluding hydrogens is 384 g/mol. The van der Waals surface area contributed by atoms with Crippen LogP contribution in [0.3, 0.4) is 0 Å². The highest BCUT2D eigenvalue weighted by Crippen LogP contribution is 2.27. The minimum Gasteiger partial charge on any atom is -0.481 e. The monoisotopic (exact) mass is 408 g/mol. The number of hydrogen-bond acceptors (Lipinski definition) is 7. The highest BCUT2D eigenvalue weighted by molar-refractivity contribution is 5.94. The number of amides is 1. The molecule has 1 atom stereocenters. The second kappa shape index (κ2) is 8.10. The number of rotatable bonds is 4. The first-order valence-electron chi connectivity index (χ1n) is 9.83. The fraction of sp³-hybridized carbons (Fsp3) is 0.381. The molecule has 156 valence electrons. The highest BCUT2D eigenvalue weighted by atomic mass is 16.5. The molecule has 3 aromatic rings. The van der Waals surface area contributed by atoms with Crippen LogP contribution < -0.4 is 15.2 Å². The SMILES string of the molecule is COc1ccc(C(=O)N2CCCC(c3cc4nc(N(C)C)ncc4c(=O)[nH]3)C2)cn1. The molecular formula is C21H24N6O3. The molecule has 1 N–H and O–H groups in total. The fourth-order valence-electron chi connectivity index (χ4n) is 3.71. The van der Waals surface area contributed by atoms with E-state index in [4.69, 9.17) is 4.74 Å². The number of aromatic nitrogens is 4. The lowest BCUT2D eigenvalue weighted by molar-refractivity contribution is 0.0705. The van der Waals surface area contributed by atoms with Gasteiger partial charge in [-0.1, -0.05) is 0 Å². The molecule has 0 bridgehead atoms. The third-order valence-electron chi connectivity index (χ3n) is 5.34. The number of carbonyl (C=O) groups is 1. The zero-order valence-corrected chi connectivity index (χ0v) is 17.3. The molecule has 4 rings (SSSR count). The van der Waals surface area contributed by atoms with E-state index in [1.54, 1.807) is 23.2 Å². The average molecular weight is 408 g/mol. The lowest BCUT2D eigenvalue weighted by Gasteiger charge is -2.32. The van der Waals surface area contributed by atoms with Gasteiger partial charge in [0, 0.05) is 57.3 Å². The predicted molar refractivity (Wildman–Crippen MR) is 113 cm³/mol. The van der Waals surface area contributed by atoms with E-state index in [0.29, 0.717) is 41.4 Å². The van der Waals surface area contributed by atoms with Crippen molar-refractivity contribution in [3.8, 4) is 5.88 Å². The van der Waals surface area contributed by atoms with E-state index < -0.39 is 0 Å². The van der Waals surface area contributed by atoms with Crippen LogP contribution in [0, 0.1) is 0 Å². The molecule has 1 amide bonds. The van der Waals surface area contributed by atoms with E-state index >= 15 is 0 Å². The van der Waals surface area contributed by atoms with Crippen LogP contribution in [-0.2, 0) is 0 Å². The van der Waals surface area contributed by atoms with Crippen LogP contribution in [-0.4, -0.2) is 65.0 Å². The number of likely N-dealkylation sites (tertiary alicyclic amines) is 1. The minimum absolute atomic E-state index is 0.0313. The maximum atomic E-state index is 12.9. The van der Waals surface area contributed by atoms with Crippen molar-refractivity contribution in [2.75, 3.05) is 39.2 Å². The summed E-state index contributed by atoms with van der Waals surface area (Å²) in [5.41, 5.74) is 1.71. The smallest absolute Gasteiger partial charge is 0.259 e. The van der Waals surface area contributed by atoms with E-state index in [1.165, 1.54) is 13.3 Å². The first-order chi connectivity index (χ1) is 14.5. The number of methoxy groups -OCH3 is 1. The van der Waals surface area contributed by atoms with Crippen LogP contribution in [0.25, 0.3) is 10.9 Å². The molecule has 0 saturated carbocycles. The van der Waals surface area contributed by atoms with Crippen molar-refractivity contribution in [1.29, 1.82) is 0 Å².